The molecule has 0 bridgehead atoms. The van der Waals surface area contributed by atoms with Gasteiger partial charge < -0.3 is 19.1 Å². The number of nitrogens with zero attached hydrogens (tertiary/aromatic N) is 3. The van der Waals surface area contributed by atoms with Gasteiger partial charge in [0.05, 0.1) is 18.7 Å². The molecule has 3 aromatic carbocycles. The van der Waals surface area contributed by atoms with E-state index in [0.29, 0.717) is 6.42 Å². The molecule has 33 heavy (non-hydrogen) atoms. The first-order valence-electron chi connectivity index (χ1n) is 11.4. The Hall–Kier alpha value is -3.57. The Morgan fingerprint density at radius 2 is 1.58 bits per heavy atom. The molecule has 0 unspecified atom stereocenters. The van der Waals surface area contributed by atoms with Crippen LogP contribution >= 0.6 is 0 Å². The highest BCUT2D eigenvalue weighted by Crippen LogP contribution is 2.25. The molecule has 0 atom stereocenters. The van der Waals surface area contributed by atoms with E-state index in [1.54, 1.807) is 0 Å². The fraction of sp³-hybridized carbons (Fsp3) is 0.250. The molecule has 1 aromatic heterocycles. The van der Waals surface area contributed by atoms with E-state index in [0.717, 1.165) is 59.7 Å². The monoisotopic (exact) mass is 439 g/mol. The molecule has 5 heteroatoms. The van der Waals surface area contributed by atoms with E-state index >= 15 is 0 Å². The standard InChI is InChI=1S/C28H29N3O2/c1-29(2)24-6-4-22(5-7-24)28(32)20-21-3-12-27-23(19-21)13-14-31(27)26-10-8-25(9-11-26)30-15-17-33-18-16-30/h3-14,19H,15-18,20H2,1-2H3. The van der Waals surface area contributed by atoms with Gasteiger partial charge in [-0.2, -0.15) is 0 Å². The molecule has 5 nitrogen and oxygen atoms in total. The van der Waals surface area contributed by atoms with Crippen LogP contribution in [0.2, 0.25) is 0 Å². The molecule has 1 aliphatic rings. The molecule has 4 aromatic rings. The average Bonchev–Trinajstić information content (AvgIpc) is 3.28. The Labute approximate surface area is 194 Å². The van der Waals surface area contributed by atoms with Crippen LogP contribution in [0.25, 0.3) is 16.6 Å². The first-order chi connectivity index (χ1) is 16.1. The molecule has 0 saturated carbocycles. The number of ketones is 1. The van der Waals surface area contributed by atoms with E-state index in [9.17, 15) is 4.79 Å². The molecule has 1 saturated heterocycles. The van der Waals surface area contributed by atoms with Gasteiger partial charge in [-0.15, -0.1) is 0 Å². The second kappa shape index (κ2) is 9.12. The lowest BCUT2D eigenvalue weighted by molar-refractivity contribution is 0.0993. The lowest BCUT2D eigenvalue weighted by Gasteiger charge is -2.29. The molecule has 0 N–H and O–H groups in total. The lowest BCUT2D eigenvalue weighted by atomic mass is 10.0. The quantitative estimate of drug-likeness (QED) is 0.398. The summed E-state index contributed by atoms with van der Waals surface area (Å²) in [5, 5.41) is 1.14. The number of hydrogen-bond donors (Lipinski definition) is 0. The molecular weight excluding hydrogens is 410 g/mol. The van der Waals surface area contributed by atoms with Crippen LogP contribution in [-0.4, -0.2) is 50.7 Å². The van der Waals surface area contributed by atoms with Gasteiger partial charge in [0.15, 0.2) is 5.78 Å². The number of aromatic nitrogens is 1. The van der Waals surface area contributed by atoms with E-state index in [4.69, 9.17) is 4.74 Å². The van der Waals surface area contributed by atoms with Crippen molar-refractivity contribution in [2.75, 3.05) is 50.2 Å². The Morgan fingerprint density at radius 3 is 2.27 bits per heavy atom. The third-order valence-electron chi connectivity index (χ3n) is 6.33. The van der Waals surface area contributed by atoms with Gasteiger partial charge in [-0.05, 0) is 72.3 Å². The molecule has 0 amide bonds. The summed E-state index contributed by atoms with van der Waals surface area (Å²) in [6.45, 7) is 3.45. The smallest absolute Gasteiger partial charge is 0.167 e. The number of carbonyl (C=O) groups is 1. The van der Waals surface area contributed by atoms with Crippen molar-refractivity contribution in [3.63, 3.8) is 0 Å². The predicted octanol–water partition coefficient (Wildman–Crippen LogP) is 4.96. The van der Waals surface area contributed by atoms with Crippen LogP contribution in [-0.2, 0) is 11.2 Å². The first kappa shape index (κ1) is 21.3. The summed E-state index contributed by atoms with van der Waals surface area (Å²) in [6, 6.07) is 24.9. The number of morpholine rings is 1. The van der Waals surface area contributed by atoms with Crippen LogP contribution in [0.5, 0.6) is 0 Å². The molecule has 168 valence electrons. The van der Waals surface area contributed by atoms with Gasteiger partial charge in [0, 0.05) is 67.8 Å². The van der Waals surface area contributed by atoms with Crippen LogP contribution in [0.4, 0.5) is 11.4 Å². The van der Waals surface area contributed by atoms with E-state index < -0.39 is 0 Å². The fourth-order valence-corrected chi connectivity index (χ4v) is 4.41. The zero-order chi connectivity index (χ0) is 22.8. The Kier molecular flexibility index (Phi) is 5.88. The van der Waals surface area contributed by atoms with Gasteiger partial charge in [0.25, 0.3) is 0 Å². The molecule has 0 radical (unpaired) electrons. The molecule has 2 heterocycles. The third-order valence-corrected chi connectivity index (χ3v) is 6.33. The van der Waals surface area contributed by atoms with E-state index in [2.05, 4.69) is 64.2 Å². The third kappa shape index (κ3) is 4.50. The van der Waals surface area contributed by atoms with Crippen molar-refractivity contribution in [3.8, 4) is 5.69 Å². The highest BCUT2D eigenvalue weighted by atomic mass is 16.5. The number of anilines is 2. The minimum atomic E-state index is 0.137. The molecular formula is C28H29N3O2. The number of benzene rings is 3. The maximum atomic E-state index is 12.8. The van der Waals surface area contributed by atoms with Crippen molar-refractivity contribution < 1.29 is 9.53 Å². The zero-order valence-electron chi connectivity index (χ0n) is 19.2. The van der Waals surface area contributed by atoms with Gasteiger partial charge in [-0.3, -0.25) is 4.79 Å². The maximum Gasteiger partial charge on any atom is 0.167 e. The van der Waals surface area contributed by atoms with Gasteiger partial charge >= 0.3 is 0 Å². The summed E-state index contributed by atoms with van der Waals surface area (Å²) >= 11 is 0. The lowest BCUT2D eigenvalue weighted by Crippen LogP contribution is -2.36. The van der Waals surface area contributed by atoms with E-state index in [1.807, 2.05) is 43.3 Å². The highest BCUT2D eigenvalue weighted by Gasteiger charge is 2.12. The van der Waals surface area contributed by atoms with Crippen LogP contribution in [0.1, 0.15) is 15.9 Å². The van der Waals surface area contributed by atoms with Crippen LogP contribution < -0.4 is 9.80 Å². The van der Waals surface area contributed by atoms with Crippen molar-refractivity contribution in [2.24, 2.45) is 0 Å². The van der Waals surface area contributed by atoms with Crippen LogP contribution in [0, 0.1) is 0 Å². The number of hydrogen-bond acceptors (Lipinski definition) is 4. The first-order valence-corrected chi connectivity index (χ1v) is 11.4. The number of ether oxygens (including phenoxy) is 1. The zero-order valence-corrected chi connectivity index (χ0v) is 19.2. The van der Waals surface area contributed by atoms with Crippen molar-refractivity contribution in [3.05, 3.63) is 90.1 Å². The second-order valence-electron chi connectivity index (χ2n) is 8.74. The second-order valence-corrected chi connectivity index (χ2v) is 8.74. The summed E-state index contributed by atoms with van der Waals surface area (Å²) in [4.78, 5) is 17.2. The average molecular weight is 440 g/mol. The Balaban J connectivity index is 1.32. The topological polar surface area (TPSA) is 37.7 Å². The molecule has 1 fully saturated rings. The van der Waals surface area contributed by atoms with Gasteiger partial charge in [-0.25, -0.2) is 0 Å². The number of fused-ring (bicyclic) bond motifs is 1. The van der Waals surface area contributed by atoms with Gasteiger partial charge in [0.2, 0.25) is 0 Å². The summed E-state index contributed by atoms with van der Waals surface area (Å²) in [5.41, 5.74) is 6.38. The summed E-state index contributed by atoms with van der Waals surface area (Å²) in [7, 11) is 3.99. The summed E-state index contributed by atoms with van der Waals surface area (Å²) in [5.74, 6) is 0.137. The van der Waals surface area contributed by atoms with Gasteiger partial charge in [-0.1, -0.05) is 6.07 Å². The Morgan fingerprint density at radius 1 is 0.879 bits per heavy atom. The summed E-state index contributed by atoms with van der Waals surface area (Å²) < 4.78 is 7.65. The largest absolute Gasteiger partial charge is 0.378 e. The van der Waals surface area contributed by atoms with Crippen LogP contribution in [0.3, 0.4) is 0 Å². The van der Waals surface area contributed by atoms with E-state index in [-0.39, 0.29) is 5.78 Å². The SMILES string of the molecule is CN(C)c1ccc(C(=O)Cc2ccc3c(ccn3-c3ccc(N4CCOCC4)cc3)c2)cc1. The van der Waals surface area contributed by atoms with Crippen LogP contribution in [0.15, 0.2) is 79.0 Å². The minimum Gasteiger partial charge on any atom is -0.378 e. The molecule has 5 rings (SSSR count). The Bertz CT molecular complexity index is 1250. The molecule has 0 spiro atoms. The molecule has 0 aliphatic carbocycles. The summed E-state index contributed by atoms with van der Waals surface area (Å²) in [6.07, 6.45) is 2.50. The number of Topliss-reactive ketones (excluding diaryl/α,β-unsaturated/α-hetero) is 1. The van der Waals surface area contributed by atoms with Crippen molar-refractivity contribution in [1.82, 2.24) is 4.57 Å². The fourth-order valence-electron chi connectivity index (χ4n) is 4.41. The maximum absolute atomic E-state index is 12.8. The van der Waals surface area contributed by atoms with Crippen molar-refractivity contribution in [2.45, 2.75) is 6.42 Å². The predicted molar refractivity (Wildman–Crippen MR) is 135 cm³/mol. The number of rotatable bonds is 6. The minimum absolute atomic E-state index is 0.137. The van der Waals surface area contributed by atoms with Crippen molar-refractivity contribution in [1.29, 1.82) is 0 Å². The normalized spacial score (nSPS) is 13.9. The van der Waals surface area contributed by atoms with Crippen molar-refractivity contribution >= 4 is 28.1 Å². The highest BCUT2D eigenvalue weighted by molar-refractivity contribution is 5.98. The van der Waals surface area contributed by atoms with E-state index in [1.165, 1.54) is 5.69 Å². The number of carbonyl (C=O) groups excluding carboxylic acids is 1. The molecule has 1 aliphatic heterocycles. The van der Waals surface area contributed by atoms with Gasteiger partial charge in [0.1, 0.15) is 0 Å².